The number of hydrogen-bond donors (Lipinski definition) is 0. The van der Waals surface area contributed by atoms with E-state index in [0.29, 0.717) is 11.6 Å². The Bertz CT molecular complexity index is 296. The molecule has 0 aromatic heterocycles. The Labute approximate surface area is 74.7 Å². The molecule has 1 aromatic carbocycles. The lowest BCUT2D eigenvalue weighted by atomic mass is 10.1. The molecule has 1 rings (SSSR count). The van der Waals surface area contributed by atoms with Gasteiger partial charge in [0.1, 0.15) is 0 Å². The Morgan fingerprint density at radius 1 is 1.15 bits per heavy atom. The van der Waals surface area contributed by atoms with Gasteiger partial charge in [0.2, 0.25) is 0 Å². The van der Waals surface area contributed by atoms with Crippen molar-refractivity contribution in [3.05, 3.63) is 42.0 Å². The quantitative estimate of drug-likeness (QED) is 0.628. The summed E-state index contributed by atoms with van der Waals surface area (Å²) in [6.07, 6.45) is -3.93. The first-order valence-corrected chi connectivity index (χ1v) is 3.80. The van der Waals surface area contributed by atoms with Gasteiger partial charge in [-0.15, -0.1) is 0 Å². The van der Waals surface area contributed by atoms with Crippen LogP contribution in [0.1, 0.15) is 12.5 Å². The maximum absolute atomic E-state index is 11.9. The lowest BCUT2D eigenvalue weighted by Crippen LogP contribution is -2.02. The number of alkyl halides is 3. The lowest BCUT2D eigenvalue weighted by Gasteiger charge is -2.03. The standard InChI is InChI=1S/C10H9F3/c1-8(7-10(11,12)13)9-5-3-2-4-6-9/h2-7H,1H3/b8-7-. The second kappa shape index (κ2) is 3.64. The Hall–Kier alpha value is -1.25. The zero-order chi connectivity index (χ0) is 9.90. The van der Waals surface area contributed by atoms with Crippen LogP contribution >= 0.6 is 0 Å². The van der Waals surface area contributed by atoms with Gasteiger partial charge in [-0.2, -0.15) is 13.2 Å². The predicted molar refractivity (Wildman–Crippen MR) is 46.1 cm³/mol. The number of halogens is 3. The molecule has 13 heavy (non-hydrogen) atoms. The van der Waals surface area contributed by atoms with Crippen LogP contribution in [-0.2, 0) is 0 Å². The summed E-state index contributed by atoms with van der Waals surface area (Å²) in [4.78, 5) is 0. The van der Waals surface area contributed by atoms with Gasteiger partial charge in [0.25, 0.3) is 0 Å². The highest BCUT2D eigenvalue weighted by Gasteiger charge is 2.23. The van der Waals surface area contributed by atoms with Crippen molar-refractivity contribution in [1.29, 1.82) is 0 Å². The Balaban J connectivity index is 2.92. The summed E-state index contributed by atoms with van der Waals surface area (Å²) in [6.45, 7) is 1.45. The molecular weight excluding hydrogens is 177 g/mol. The molecule has 0 aliphatic rings. The number of allylic oxidation sites excluding steroid dienone is 2. The molecule has 0 fully saturated rings. The van der Waals surface area contributed by atoms with Crippen molar-refractivity contribution < 1.29 is 13.2 Å². The number of hydrogen-bond acceptors (Lipinski definition) is 0. The summed E-state index contributed by atoms with van der Waals surface area (Å²) in [5, 5.41) is 0. The molecule has 3 heteroatoms. The highest BCUT2D eigenvalue weighted by Crippen LogP contribution is 2.23. The van der Waals surface area contributed by atoms with E-state index in [1.807, 2.05) is 0 Å². The third-order valence-corrected chi connectivity index (χ3v) is 1.61. The molecule has 0 atom stereocenters. The fourth-order valence-corrected chi connectivity index (χ4v) is 1.03. The monoisotopic (exact) mass is 186 g/mol. The molecule has 70 valence electrons. The van der Waals surface area contributed by atoms with Crippen molar-refractivity contribution in [1.82, 2.24) is 0 Å². The van der Waals surface area contributed by atoms with E-state index < -0.39 is 6.18 Å². The van der Waals surface area contributed by atoms with E-state index in [-0.39, 0.29) is 5.57 Å². The van der Waals surface area contributed by atoms with Crippen molar-refractivity contribution in [2.24, 2.45) is 0 Å². The molecule has 0 bridgehead atoms. The highest BCUT2D eigenvalue weighted by atomic mass is 19.4. The van der Waals surface area contributed by atoms with Crippen molar-refractivity contribution in [2.75, 3.05) is 0 Å². The molecule has 0 saturated carbocycles. The van der Waals surface area contributed by atoms with E-state index in [1.54, 1.807) is 30.3 Å². The molecule has 0 aliphatic heterocycles. The fourth-order valence-electron chi connectivity index (χ4n) is 1.03. The van der Waals surface area contributed by atoms with E-state index in [4.69, 9.17) is 0 Å². The zero-order valence-electron chi connectivity index (χ0n) is 7.10. The summed E-state index contributed by atoms with van der Waals surface area (Å²) in [6, 6.07) is 8.49. The van der Waals surface area contributed by atoms with Gasteiger partial charge in [-0.3, -0.25) is 0 Å². The van der Waals surface area contributed by atoms with Crippen LogP contribution in [0.4, 0.5) is 13.2 Å². The molecule has 0 nitrogen and oxygen atoms in total. The minimum atomic E-state index is -4.24. The van der Waals surface area contributed by atoms with Crippen molar-refractivity contribution in [3.63, 3.8) is 0 Å². The number of benzene rings is 1. The van der Waals surface area contributed by atoms with Crippen LogP contribution in [0.25, 0.3) is 5.57 Å². The van der Waals surface area contributed by atoms with Gasteiger partial charge in [-0.1, -0.05) is 30.3 Å². The topological polar surface area (TPSA) is 0 Å². The van der Waals surface area contributed by atoms with Crippen LogP contribution in [-0.4, -0.2) is 6.18 Å². The first-order valence-electron chi connectivity index (χ1n) is 3.80. The van der Waals surface area contributed by atoms with Crippen molar-refractivity contribution in [2.45, 2.75) is 13.1 Å². The normalized spacial score (nSPS) is 13.1. The first-order chi connectivity index (χ1) is 5.99. The first kappa shape index (κ1) is 9.84. The highest BCUT2D eigenvalue weighted by molar-refractivity contribution is 5.63. The predicted octanol–water partition coefficient (Wildman–Crippen LogP) is 3.65. The summed E-state index contributed by atoms with van der Waals surface area (Å²) < 4.78 is 35.7. The van der Waals surface area contributed by atoms with Gasteiger partial charge in [-0.25, -0.2) is 0 Å². The van der Waals surface area contributed by atoms with Crippen LogP contribution in [0.15, 0.2) is 36.4 Å². The zero-order valence-corrected chi connectivity index (χ0v) is 7.10. The van der Waals surface area contributed by atoms with Gasteiger partial charge >= 0.3 is 6.18 Å². The number of rotatable bonds is 1. The van der Waals surface area contributed by atoms with Crippen LogP contribution in [0, 0.1) is 0 Å². The molecule has 0 radical (unpaired) electrons. The van der Waals surface area contributed by atoms with E-state index in [0.717, 1.165) is 0 Å². The second-order valence-electron chi connectivity index (χ2n) is 2.73. The average molecular weight is 186 g/mol. The maximum atomic E-state index is 11.9. The molecule has 1 aromatic rings. The van der Waals surface area contributed by atoms with Crippen molar-refractivity contribution >= 4 is 5.57 Å². The Kier molecular flexibility index (Phi) is 2.76. The van der Waals surface area contributed by atoms with Crippen LogP contribution < -0.4 is 0 Å². The summed E-state index contributed by atoms with van der Waals surface area (Å²) in [7, 11) is 0. The minimum Gasteiger partial charge on any atom is -0.167 e. The SMILES string of the molecule is C/C(=C/C(F)(F)F)c1ccccc1. The van der Waals surface area contributed by atoms with Crippen LogP contribution in [0.5, 0.6) is 0 Å². The van der Waals surface area contributed by atoms with Gasteiger partial charge in [0.05, 0.1) is 0 Å². The smallest absolute Gasteiger partial charge is 0.167 e. The molecule has 0 heterocycles. The molecule has 0 spiro atoms. The average Bonchev–Trinajstić information content (AvgIpc) is 2.03. The minimum absolute atomic E-state index is 0.230. The van der Waals surface area contributed by atoms with Gasteiger partial charge in [0.15, 0.2) is 0 Å². The molecule has 0 amide bonds. The molecule has 0 N–H and O–H groups in total. The summed E-state index contributed by atoms with van der Waals surface area (Å²) in [5.74, 6) is 0. The van der Waals surface area contributed by atoms with E-state index in [9.17, 15) is 13.2 Å². The molecule has 0 saturated heterocycles. The lowest BCUT2D eigenvalue weighted by molar-refractivity contribution is -0.0793. The third kappa shape index (κ3) is 3.32. The van der Waals surface area contributed by atoms with Gasteiger partial charge in [-0.05, 0) is 18.1 Å². The largest absolute Gasteiger partial charge is 0.410 e. The van der Waals surface area contributed by atoms with E-state index in [1.165, 1.54) is 6.92 Å². The van der Waals surface area contributed by atoms with E-state index >= 15 is 0 Å². The Morgan fingerprint density at radius 2 is 1.69 bits per heavy atom. The van der Waals surface area contributed by atoms with Crippen LogP contribution in [0.2, 0.25) is 0 Å². The van der Waals surface area contributed by atoms with Gasteiger partial charge in [0, 0.05) is 6.08 Å². The van der Waals surface area contributed by atoms with Gasteiger partial charge < -0.3 is 0 Å². The third-order valence-electron chi connectivity index (χ3n) is 1.61. The molecule has 0 aliphatic carbocycles. The fraction of sp³-hybridized carbons (Fsp3) is 0.200. The maximum Gasteiger partial charge on any atom is 0.410 e. The summed E-state index contributed by atoms with van der Waals surface area (Å²) in [5.41, 5.74) is 0.827. The second-order valence-corrected chi connectivity index (χ2v) is 2.73. The molecule has 0 unspecified atom stereocenters. The van der Waals surface area contributed by atoms with Crippen molar-refractivity contribution in [3.8, 4) is 0 Å². The molecular formula is C10H9F3. The summed E-state index contributed by atoms with van der Waals surface area (Å²) >= 11 is 0. The van der Waals surface area contributed by atoms with E-state index in [2.05, 4.69) is 0 Å². The Morgan fingerprint density at radius 3 is 2.15 bits per heavy atom. The van der Waals surface area contributed by atoms with Crippen LogP contribution in [0.3, 0.4) is 0 Å².